The minimum atomic E-state index is -0.168. The minimum absolute atomic E-state index is 0.118. The molecule has 0 saturated carbocycles. The third-order valence-electron chi connectivity index (χ3n) is 3.87. The molecule has 25 heavy (non-hydrogen) atoms. The van der Waals surface area contributed by atoms with Crippen molar-refractivity contribution in [1.82, 2.24) is 10.3 Å². The number of pyridine rings is 1. The number of methoxy groups -OCH3 is 2. The molecule has 0 bridgehead atoms. The highest BCUT2D eigenvalue weighted by atomic mass is 16.5. The van der Waals surface area contributed by atoms with Crippen molar-refractivity contribution in [3.8, 4) is 11.5 Å². The van der Waals surface area contributed by atoms with Gasteiger partial charge < -0.3 is 14.8 Å². The number of benzene rings is 1. The van der Waals surface area contributed by atoms with E-state index in [1.165, 1.54) is 14.2 Å². The van der Waals surface area contributed by atoms with Crippen LogP contribution in [0.1, 0.15) is 41.7 Å². The van der Waals surface area contributed by atoms with Crippen LogP contribution in [0.5, 0.6) is 11.5 Å². The van der Waals surface area contributed by atoms with Gasteiger partial charge in [-0.25, -0.2) is 0 Å². The van der Waals surface area contributed by atoms with Gasteiger partial charge in [-0.3, -0.25) is 14.6 Å². The maximum absolute atomic E-state index is 12.3. The first-order chi connectivity index (χ1) is 12.0. The number of carbonyl (C=O) groups excluding carboxylic acids is 2. The molecule has 0 radical (unpaired) electrons. The van der Waals surface area contributed by atoms with Gasteiger partial charge in [-0.15, -0.1) is 0 Å². The van der Waals surface area contributed by atoms with Crippen molar-refractivity contribution in [1.29, 1.82) is 0 Å². The van der Waals surface area contributed by atoms with Crippen LogP contribution in [0.25, 0.3) is 0 Å². The summed E-state index contributed by atoms with van der Waals surface area (Å²) in [6, 6.07) is 8.53. The molecule has 0 fully saturated rings. The fourth-order valence-corrected chi connectivity index (χ4v) is 2.43. The molecule has 2 aromatic rings. The maximum Gasteiger partial charge on any atom is 0.220 e. The lowest BCUT2D eigenvalue weighted by molar-refractivity contribution is -0.121. The summed E-state index contributed by atoms with van der Waals surface area (Å²) in [4.78, 5) is 28.3. The Labute approximate surface area is 147 Å². The van der Waals surface area contributed by atoms with Crippen LogP contribution in [-0.4, -0.2) is 30.9 Å². The second kappa shape index (κ2) is 8.82. The van der Waals surface area contributed by atoms with Gasteiger partial charge in [0, 0.05) is 30.8 Å². The van der Waals surface area contributed by atoms with E-state index >= 15 is 0 Å². The van der Waals surface area contributed by atoms with Crippen LogP contribution in [0.3, 0.4) is 0 Å². The first-order valence-electron chi connectivity index (χ1n) is 7.99. The van der Waals surface area contributed by atoms with E-state index in [0.29, 0.717) is 17.1 Å². The number of Topliss-reactive ketones (excluding diaryl/α,β-unsaturated/α-hetero) is 1. The number of nitrogens with zero attached hydrogens (tertiary/aromatic N) is 1. The zero-order valence-corrected chi connectivity index (χ0v) is 14.6. The summed E-state index contributed by atoms with van der Waals surface area (Å²) in [5.41, 5.74) is 1.46. The summed E-state index contributed by atoms with van der Waals surface area (Å²) in [6.45, 7) is 1.89. The summed E-state index contributed by atoms with van der Waals surface area (Å²) < 4.78 is 10.3. The zero-order valence-electron chi connectivity index (χ0n) is 14.6. The molecule has 1 heterocycles. The zero-order chi connectivity index (χ0) is 18.2. The van der Waals surface area contributed by atoms with Gasteiger partial charge >= 0.3 is 0 Å². The van der Waals surface area contributed by atoms with Crippen LogP contribution in [0, 0.1) is 0 Å². The SMILES string of the molecule is COc1ccc(C(=O)CCC(=O)NC(C)c2ccncc2)cc1OC. The normalized spacial score (nSPS) is 11.5. The third kappa shape index (κ3) is 5.04. The molecule has 1 unspecified atom stereocenters. The van der Waals surface area contributed by atoms with Crippen LogP contribution >= 0.6 is 0 Å². The first kappa shape index (κ1) is 18.4. The molecule has 132 valence electrons. The smallest absolute Gasteiger partial charge is 0.220 e. The number of ether oxygens (including phenoxy) is 2. The van der Waals surface area contributed by atoms with Crippen molar-refractivity contribution in [2.75, 3.05) is 14.2 Å². The van der Waals surface area contributed by atoms with E-state index in [2.05, 4.69) is 10.3 Å². The fraction of sp³-hybridized carbons (Fsp3) is 0.316. The molecule has 6 nitrogen and oxygen atoms in total. The van der Waals surface area contributed by atoms with E-state index in [4.69, 9.17) is 9.47 Å². The molecule has 0 aliphatic carbocycles. The van der Waals surface area contributed by atoms with Gasteiger partial charge in [0.15, 0.2) is 17.3 Å². The summed E-state index contributed by atoms with van der Waals surface area (Å²) in [5, 5.41) is 2.88. The van der Waals surface area contributed by atoms with Crippen molar-refractivity contribution in [3.63, 3.8) is 0 Å². The highest BCUT2D eigenvalue weighted by Gasteiger charge is 2.14. The monoisotopic (exact) mass is 342 g/mol. The number of amides is 1. The molecule has 0 aliphatic heterocycles. The van der Waals surface area contributed by atoms with Gasteiger partial charge in [-0.05, 0) is 42.8 Å². The Morgan fingerprint density at radius 2 is 1.72 bits per heavy atom. The third-order valence-corrected chi connectivity index (χ3v) is 3.87. The van der Waals surface area contributed by atoms with E-state index in [1.807, 2.05) is 19.1 Å². The van der Waals surface area contributed by atoms with Crippen LogP contribution in [0.4, 0.5) is 0 Å². The molecule has 0 aliphatic rings. The number of hydrogen-bond donors (Lipinski definition) is 1. The Hall–Kier alpha value is -2.89. The average Bonchev–Trinajstić information content (AvgIpc) is 2.66. The van der Waals surface area contributed by atoms with Crippen molar-refractivity contribution in [2.24, 2.45) is 0 Å². The Balaban J connectivity index is 1.90. The van der Waals surface area contributed by atoms with Gasteiger partial charge in [0.05, 0.1) is 20.3 Å². The Morgan fingerprint density at radius 3 is 2.36 bits per heavy atom. The van der Waals surface area contributed by atoms with Gasteiger partial charge in [-0.2, -0.15) is 0 Å². The lowest BCUT2D eigenvalue weighted by Crippen LogP contribution is -2.26. The Morgan fingerprint density at radius 1 is 1.04 bits per heavy atom. The molecule has 1 N–H and O–H groups in total. The molecule has 0 spiro atoms. The quantitative estimate of drug-likeness (QED) is 0.746. The van der Waals surface area contributed by atoms with Gasteiger partial charge in [0.1, 0.15) is 0 Å². The highest BCUT2D eigenvalue weighted by Crippen LogP contribution is 2.28. The lowest BCUT2D eigenvalue weighted by atomic mass is 10.1. The van der Waals surface area contributed by atoms with Gasteiger partial charge in [0.25, 0.3) is 0 Å². The van der Waals surface area contributed by atoms with Crippen molar-refractivity contribution < 1.29 is 19.1 Å². The standard InChI is InChI=1S/C19H22N2O4/c1-13(14-8-10-20-11-9-14)21-19(23)7-5-16(22)15-4-6-17(24-2)18(12-15)25-3/h4,6,8-13H,5,7H2,1-3H3,(H,21,23). The summed E-state index contributed by atoms with van der Waals surface area (Å²) in [6.07, 6.45) is 3.62. The molecule has 1 aromatic carbocycles. The van der Waals surface area contributed by atoms with E-state index in [1.54, 1.807) is 30.6 Å². The summed E-state index contributed by atoms with van der Waals surface area (Å²) >= 11 is 0. The minimum Gasteiger partial charge on any atom is -0.493 e. The topological polar surface area (TPSA) is 77.5 Å². The average molecular weight is 342 g/mol. The fourth-order valence-electron chi connectivity index (χ4n) is 2.43. The van der Waals surface area contributed by atoms with Crippen molar-refractivity contribution in [3.05, 3.63) is 53.9 Å². The summed E-state index contributed by atoms with van der Waals surface area (Å²) in [5.74, 6) is 0.762. The second-order valence-electron chi connectivity index (χ2n) is 5.56. The highest BCUT2D eigenvalue weighted by molar-refractivity contribution is 5.98. The van der Waals surface area contributed by atoms with Gasteiger partial charge in [-0.1, -0.05) is 0 Å². The largest absolute Gasteiger partial charge is 0.493 e. The van der Waals surface area contributed by atoms with Gasteiger partial charge in [0.2, 0.25) is 5.91 Å². The maximum atomic E-state index is 12.3. The number of carbonyl (C=O) groups is 2. The molecule has 0 saturated heterocycles. The van der Waals surface area contributed by atoms with E-state index in [9.17, 15) is 9.59 Å². The number of ketones is 1. The molecule has 6 heteroatoms. The van der Waals surface area contributed by atoms with Crippen LogP contribution < -0.4 is 14.8 Å². The number of nitrogens with one attached hydrogen (secondary N) is 1. The molecule has 1 aromatic heterocycles. The first-order valence-corrected chi connectivity index (χ1v) is 7.99. The molecular weight excluding hydrogens is 320 g/mol. The molecule has 1 atom stereocenters. The molecule has 1 amide bonds. The number of rotatable bonds is 8. The Kier molecular flexibility index (Phi) is 6.51. The van der Waals surface area contributed by atoms with Crippen LogP contribution in [0.15, 0.2) is 42.7 Å². The van der Waals surface area contributed by atoms with E-state index < -0.39 is 0 Å². The van der Waals surface area contributed by atoms with Crippen LogP contribution in [0.2, 0.25) is 0 Å². The summed E-state index contributed by atoms with van der Waals surface area (Å²) in [7, 11) is 3.05. The predicted octanol–water partition coefficient (Wildman–Crippen LogP) is 2.94. The van der Waals surface area contributed by atoms with E-state index in [-0.39, 0.29) is 30.6 Å². The number of aromatic nitrogens is 1. The van der Waals surface area contributed by atoms with Crippen molar-refractivity contribution in [2.45, 2.75) is 25.8 Å². The number of hydrogen-bond acceptors (Lipinski definition) is 5. The van der Waals surface area contributed by atoms with Crippen molar-refractivity contribution >= 4 is 11.7 Å². The Bertz CT molecular complexity index is 731. The van der Waals surface area contributed by atoms with Crippen LogP contribution in [-0.2, 0) is 4.79 Å². The lowest BCUT2D eigenvalue weighted by Gasteiger charge is -2.14. The molecule has 2 rings (SSSR count). The van der Waals surface area contributed by atoms with E-state index in [0.717, 1.165) is 5.56 Å². The second-order valence-corrected chi connectivity index (χ2v) is 5.56. The molecular formula is C19H22N2O4. The predicted molar refractivity (Wildman–Crippen MR) is 93.9 cm³/mol.